The van der Waals surface area contributed by atoms with Gasteiger partial charge in [-0.05, 0) is 49.7 Å². The Bertz CT molecular complexity index is 1110. The molecule has 3 rings (SSSR count). The van der Waals surface area contributed by atoms with Gasteiger partial charge in [0.25, 0.3) is 15.9 Å². The summed E-state index contributed by atoms with van der Waals surface area (Å²) in [6, 6.07) is 20.3. The fourth-order valence-corrected chi connectivity index (χ4v) is 4.37. The Kier molecular flexibility index (Phi) is 6.25. The van der Waals surface area contributed by atoms with Crippen LogP contribution in [0.1, 0.15) is 34.5 Å². The van der Waals surface area contributed by atoms with E-state index in [0.717, 1.165) is 11.1 Å². The van der Waals surface area contributed by atoms with Gasteiger partial charge in [-0.25, -0.2) is 8.42 Å². The molecule has 1 atom stereocenters. The molecular weight excluding hydrogens is 408 g/mol. The van der Waals surface area contributed by atoms with E-state index in [1.807, 2.05) is 38.1 Å². The van der Waals surface area contributed by atoms with Crippen molar-refractivity contribution in [1.29, 1.82) is 0 Å². The summed E-state index contributed by atoms with van der Waals surface area (Å²) in [6.07, 6.45) is 0. The third-order valence-corrected chi connectivity index (χ3v) is 6.30. The second kappa shape index (κ2) is 8.68. The zero-order chi connectivity index (χ0) is 21.0. The van der Waals surface area contributed by atoms with Gasteiger partial charge in [0.2, 0.25) is 0 Å². The van der Waals surface area contributed by atoms with Gasteiger partial charge in [-0.1, -0.05) is 59.6 Å². The maximum absolute atomic E-state index is 12.7. The molecule has 0 aliphatic rings. The second-order valence-corrected chi connectivity index (χ2v) is 8.78. The minimum atomic E-state index is -3.95. The number of sulfonamides is 1. The van der Waals surface area contributed by atoms with Crippen LogP contribution in [-0.2, 0) is 10.0 Å². The number of anilines is 1. The number of benzene rings is 3. The molecule has 0 heterocycles. The average Bonchev–Trinajstić information content (AvgIpc) is 2.69. The molecule has 0 fully saturated rings. The number of amides is 1. The van der Waals surface area contributed by atoms with Gasteiger partial charge in [-0.2, -0.15) is 0 Å². The maximum Gasteiger partial charge on any atom is 0.263 e. The van der Waals surface area contributed by atoms with Crippen LogP contribution in [0.4, 0.5) is 5.69 Å². The van der Waals surface area contributed by atoms with Gasteiger partial charge in [0, 0.05) is 11.3 Å². The first kappa shape index (κ1) is 20.9. The van der Waals surface area contributed by atoms with Crippen molar-refractivity contribution in [2.24, 2.45) is 0 Å². The summed E-state index contributed by atoms with van der Waals surface area (Å²) in [5.74, 6) is -0.383. The van der Waals surface area contributed by atoms with Crippen LogP contribution in [0.2, 0.25) is 5.02 Å². The van der Waals surface area contributed by atoms with Gasteiger partial charge in [0.05, 0.1) is 11.1 Å². The van der Waals surface area contributed by atoms with Crippen molar-refractivity contribution in [2.45, 2.75) is 24.8 Å². The van der Waals surface area contributed by atoms with Crippen LogP contribution in [0.5, 0.6) is 0 Å². The molecule has 0 aliphatic heterocycles. The quantitative estimate of drug-likeness (QED) is 0.583. The molecule has 3 aromatic rings. The van der Waals surface area contributed by atoms with Crippen LogP contribution in [0.3, 0.4) is 0 Å². The highest BCUT2D eigenvalue weighted by Crippen LogP contribution is 2.25. The molecule has 29 heavy (non-hydrogen) atoms. The number of hydrogen-bond donors (Lipinski definition) is 2. The van der Waals surface area contributed by atoms with E-state index in [2.05, 4.69) is 10.0 Å². The van der Waals surface area contributed by atoms with Gasteiger partial charge in [-0.15, -0.1) is 0 Å². The number of hydrogen-bond acceptors (Lipinski definition) is 3. The Hall–Kier alpha value is -2.83. The molecule has 5 nitrogen and oxygen atoms in total. The Morgan fingerprint density at radius 2 is 1.62 bits per heavy atom. The summed E-state index contributed by atoms with van der Waals surface area (Å²) in [6.45, 7) is 3.86. The standard InChI is InChI=1S/C22H21ClN2O3S/c1-15-8-10-17(11-9-15)16(2)24-22(26)18-12-13-20(23)21(14-18)29(27,28)25-19-6-4-3-5-7-19/h3-14,16,25H,1-2H3,(H,24,26). The highest BCUT2D eigenvalue weighted by molar-refractivity contribution is 7.92. The normalized spacial score (nSPS) is 12.2. The first-order valence-corrected chi connectivity index (χ1v) is 10.9. The predicted molar refractivity (Wildman–Crippen MR) is 116 cm³/mol. The molecular formula is C22H21ClN2O3S. The molecule has 0 bridgehead atoms. The third kappa shape index (κ3) is 5.16. The van der Waals surface area contributed by atoms with Crippen molar-refractivity contribution in [3.8, 4) is 0 Å². The largest absolute Gasteiger partial charge is 0.346 e. The average molecular weight is 429 g/mol. The highest BCUT2D eigenvalue weighted by atomic mass is 35.5. The van der Waals surface area contributed by atoms with Gasteiger partial charge in [0.15, 0.2) is 0 Å². The zero-order valence-electron chi connectivity index (χ0n) is 16.0. The maximum atomic E-state index is 12.7. The zero-order valence-corrected chi connectivity index (χ0v) is 17.6. The number of halogens is 1. The molecule has 150 valence electrons. The molecule has 0 spiro atoms. The van der Waals surface area contributed by atoms with Crippen LogP contribution in [-0.4, -0.2) is 14.3 Å². The number of nitrogens with one attached hydrogen (secondary N) is 2. The summed E-state index contributed by atoms with van der Waals surface area (Å²) in [4.78, 5) is 12.5. The number of carbonyl (C=O) groups is 1. The van der Waals surface area contributed by atoms with Crippen molar-refractivity contribution in [3.63, 3.8) is 0 Å². The number of carbonyl (C=O) groups excluding carboxylic acids is 1. The van der Waals surface area contributed by atoms with E-state index in [4.69, 9.17) is 11.6 Å². The van der Waals surface area contributed by atoms with E-state index in [9.17, 15) is 13.2 Å². The van der Waals surface area contributed by atoms with E-state index < -0.39 is 10.0 Å². The first-order chi connectivity index (χ1) is 13.8. The molecule has 3 aromatic carbocycles. The van der Waals surface area contributed by atoms with Crippen molar-refractivity contribution in [1.82, 2.24) is 5.32 Å². The number of rotatable bonds is 6. The molecule has 0 radical (unpaired) electrons. The summed E-state index contributed by atoms with van der Waals surface area (Å²) in [5, 5.41) is 2.92. The van der Waals surface area contributed by atoms with Crippen molar-refractivity contribution < 1.29 is 13.2 Å². The monoisotopic (exact) mass is 428 g/mol. The van der Waals surface area contributed by atoms with Crippen LogP contribution >= 0.6 is 11.6 Å². The molecule has 1 unspecified atom stereocenters. The lowest BCUT2D eigenvalue weighted by molar-refractivity contribution is 0.0939. The van der Waals surface area contributed by atoms with E-state index in [1.54, 1.807) is 30.3 Å². The molecule has 2 N–H and O–H groups in total. The summed E-state index contributed by atoms with van der Waals surface area (Å²) in [5.41, 5.74) is 2.70. The molecule has 0 saturated carbocycles. The Balaban J connectivity index is 1.82. The van der Waals surface area contributed by atoms with Crippen LogP contribution < -0.4 is 10.0 Å². The van der Waals surface area contributed by atoms with Gasteiger partial charge < -0.3 is 5.32 Å². The molecule has 0 aromatic heterocycles. The Labute approximate surface area is 175 Å². The fourth-order valence-electron chi connectivity index (χ4n) is 2.79. The van der Waals surface area contributed by atoms with Crippen molar-refractivity contribution in [2.75, 3.05) is 4.72 Å². The highest BCUT2D eigenvalue weighted by Gasteiger charge is 2.21. The van der Waals surface area contributed by atoms with Gasteiger partial charge in [0.1, 0.15) is 4.90 Å². The van der Waals surface area contributed by atoms with E-state index in [-0.39, 0.29) is 27.4 Å². The summed E-state index contributed by atoms with van der Waals surface area (Å²) < 4.78 is 28.0. The van der Waals surface area contributed by atoms with E-state index >= 15 is 0 Å². The fraction of sp³-hybridized carbons (Fsp3) is 0.136. The second-order valence-electron chi connectivity index (χ2n) is 6.72. The SMILES string of the molecule is Cc1ccc(C(C)NC(=O)c2ccc(Cl)c(S(=O)(=O)Nc3ccccc3)c2)cc1. The minimum Gasteiger partial charge on any atom is -0.346 e. The van der Waals surface area contributed by atoms with Crippen LogP contribution in [0, 0.1) is 6.92 Å². The van der Waals surface area contributed by atoms with Gasteiger partial charge in [-0.3, -0.25) is 9.52 Å². The van der Waals surface area contributed by atoms with Crippen molar-refractivity contribution in [3.05, 3.63) is 94.5 Å². The van der Waals surface area contributed by atoms with Crippen LogP contribution in [0.15, 0.2) is 77.7 Å². The lowest BCUT2D eigenvalue weighted by Crippen LogP contribution is -2.27. The Morgan fingerprint density at radius 3 is 2.28 bits per heavy atom. The Morgan fingerprint density at radius 1 is 0.966 bits per heavy atom. The van der Waals surface area contributed by atoms with Gasteiger partial charge >= 0.3 is 0 Å². The van der Waals surface area contributed by atoms with Crippen molar-refractivity contribution >= 4 is 33.2 Å². The molecule has 0 aliphatic carbocycles. The lowest BCUT2D eigenvalue weighted by Gasteiger charge is -2.16. The number of aryl methyl sites for hydroxylation is 1. The summed E-state index contributed by atoms with van der Waals surface area (Å²) >= 11 is 6.12. The third-order valence-electron chi connectivity index (χ3n) is 4.43. The topological polar surface area (TPSA) is 75.3 Å². The van der Waals surface area contributed by atoms with Crippen LogP contribution in [0.25, 0.3) is 0 Å². The molecule has 1 amide bonds. The number of para-hydroxylation sites is 1. The molecule has 7 heteroatoms. The van der Waals surface area contributed by atoms with E-state index in [0.29, 0.717) is 5.69 Å². The minimum absolute atomic E-state index is 0.0385. The van der Waals surface area contributed by atoms with E-state index in [1.165, 1.54) is 18.2 Å². The first-order valence-electron chi connectivity index (χ1n) is 9.01. The lowest BCUT2D eigenvalue weighted by atomic mass is 10.1. The summed E-state index contributed by atoms with van der Waals surface area (Å²) in [7, 11) is -3.95. The smallest absolute Gasteiger partial charge is 0.263 e. The predicted octanol–water partition coefficient (Wildman–Crippen LogP) is 4.94. The molecule has 0 saturated heterocycles.